The van der Waals surface area contributed by atoms with Crippen LogP contribution < -0.4 is 5.32 Å². The van der Waals surface area contributed by atoms with Crippen LogP contribution in [0.25, 0.3) is 0 Å². The van der Waals surface area contributed by atoms with Crippen LogP contribution in [0.1, 0.15) is 31.0 Å². The number of carbonyl (C=O) groups is 1. The molecular weight excluding hydrogens is 174 g/mol. The molecule has 0 fully saturated rings. The van der Waals surface area contributed by atoms with Crippen molar-refractivity contribution in [1.82, 2.24) is 5.32 Å². The van der Waals surface area contributed by atoms with Crippen LogP contribution in [0.4, 0.5) is 0 Å². The van der Waals surface area contributed by atoms with Gasteiger partial charge in [-0.15, -0.1) is 6.42 Å². The van der Waals surface area contributed by atoms with Gasteiger partial charge in [-0.3, -0.25) is 4.79 Å². The minimum Gasteiger partial charge on any atom is -0.350 e. The molecule has 0 aliphatic heterocycles. The molecule has 0 heterocycles. The minimum absolute atomic E-state index is 0.000741. The van der Waals surface area contributed by atoms with Crippen molar-refractivity contribution in [2.24, 2.45) is 0 Å². The third-order valence-electron chi connectivity index (χ3n) is 1.97. The number of hydrogen-bond donors (Lipinski definition) is 1. The Labute approximate surface area is 84.3 Å². The second-order valence-corrected chi connectivity index (χ2v) is 3.19. The molecule has 0 aliphatic rings. The topological polar surface area (TPSA) is 29.1 Å². The number of amides is 1. The van der Waals surface area contributed by atoms with E-state index in [0.29, 0.717) is 0 Å². The summed E-state index contributed by atoms with van der Waals surface area (Å²) in [5.41, 5.74) is 1.86. The largest absolute Gasteiger partial charge is 0.350 e. The van der Waals surface area contributed by atoms with E-state index in [1.165, 1.54) is 6.92 Å². The molecular formula is C12H13NO. The standard InChI is InChI=1S/C12H13NO/c1-4-11-6-5-7-12(8-11)9(2)13-10(3)14/h1,5-9H,2-3H3,(H,13,14). The molecule has 0 saturated carbocycles. The van der Waals surface area contributed by atoms with Gasteiger partial charge in [0, 0.05) is 12.5 Å². The van der Waals surface area contributed by atoms with Crippen LogP contribution in [0.3, 0.4) is 0 Å². The summed E-state index contributed by atoms with van der Waals surface area (Å²) in [6.07, 6.45) is 5.28. The number of carbonyl (C=O) groups excluding carboxylic acids is 1. The summed E-state index contributed by atoms with van der Waals surface area (Å²) in [4.78, 5) is 10.8. The maximum Gasteiger partial charge on any atom is 0.217 e. The summed E-state index contributed by atoms with van der Waals surface area (Å²) >= 11 is 0. The van der Waals surface area contributed by atoms with E-state index in [1.54, 1.807) is 0 Å². The zero-order chi connectivity index (χ0) is 10.6. The first-order valence-corrected chi connectivity index (χ1v) is 4.47. The maximum absolute atomic E-state index is 10.8. The molecule has 1 atom stereocenters. The molecule has 0 spiro atoms. The molecule has 2 heteroatoms. The van der Waals surface area contributed by atoms with Gasteiger partial charge >= 0.3 is 0 Å². The fourth-order valence-corrected chi connectivity index (χ4v) is 1.29. The van der Waals surface area contributed by atoms with E-state index in [1.807, 2.05) is 31.2 Å². The summed E-state index contributed by atoms with van der Waals surface area (Å²) in [6.45, 7) is 3.43. The van der Waals surface area contributed by atoms with Crippen molar-refractivity contribution in [2.45, 2.75) is 19.9 Å². The molecule has 1 aromatic rings. The lowest BCUT2D eigenvalue weighted by molar-refractivity contribution is -0.119. The van der Waals surface area contributed by atoms with E-state index >= 15 is 0 Å². The molecule has 0 bridgehead atoms. The Hall–Kier alpha value is -1.75. The van der Waals surface area contributed by atoms with Gasteiger partial charge in [0.1, 0.15) is 0 Å². The van der Waals surface area contributed by atoms with Gasteiger partial charge in [-0.1, -0.05) is 18.1 Å². The molecule has 0 aliphatic carbocycles. The fraction of sp³-hybridized carbons (Fsp3) is 0.250. The molecule has 1 N–H and O–H groups in total. The Kier molecular flexibility index (Phi) is 3.30. The van der Waals surface area contributed by atoms with Crippen molar-refractivity contribution >= 4 is 5.91 Å². The highest BCUT2D eigenvalue weighted by atomic mass is 16.1. The molecule has 1 unspecified atom stereocenters. The quantitative estimate of drug-likeness (QED) is 0.703. The molecule has 0 saturated heterocycles. The molecule has 0 radical (unpaired) electrons. The Balaban J connectivity index is 2.85. The minimum atomic E-state index is -0.0383. The molecule has 14 heavy (non-hydrogen) atoms. The summed E-state index contributed by atoms with van der Waals surface area (Å²) in [5.74, 6) is 2.52. The monoisotopic (exact) mass is 187 g/mol. The number of nitrogens with one attached hydrogen (secondary N) is 1. The van der Waals surface area contributed by atoms with Gasteiger partial charge in [0.05, 0.1) is 6.04 Å². The van der Waals surface area contributed by atoms with Crippen molar-refractivity contribution in [3.8, 4) is 12.3 Å². The highest BCUT2D eigenvalue weighted by Gasteiger charge is 2.05. The van der Waals surface area contributed by atoms with Crippen LogP contribution in [0.5, 0.6) is 0 Å². The average Bonchev–Trinajstić information content (AvgIpc) is 2.17. The van der Waals surface area contributed by atoms with Gasteiger partial charge in [0.25, 0.3) is 0 Å². The summed E-state index contributed by atoms with van der Waals surface area (Å²) in [7, 11) is 0. The number of rotatable bonds is 2. The first kappa shape index (κ1) is 10.3. The van der Waals surface area contributed by atoms with Crippen LogP contribution in [0, 0.1) is 12.3 Å². The predicted octanol–water partition coefficient (Wildman–Crippen LogP) is 1.86. The van der Waals surface area contributed by atoms with Crippen molar-refractivity contribution in [3.05, 3.63) is 35.4 Å². The zero-order valence-corrected chi connectivity index (χ0v) is 8.37. The molecule has 1 rings (SSSR count). The Morgan fingerprint density at radius 1 is 1.57 bits per heavy atom. The van der Waals surface area contributed by atoms with Crippen molar-refractivity contribution < 1.29 is 4.79 Å². The van der Waals surface area contributed by atoms with Gasteiger partial charge in [-0.25, -0.2) is 0 Å². The van der Waals surface area contributed by atoms with Crippen molar-refractivity contribution in [3.63, 3.8) is 0 Å². The molecule has 72 valence electrons. The van der Waals surface area contributed by atoms with E-state index < -0.39 is 0 Å². The van der Waals surface area contributed by atoms with E-state index in [4.69, 9.17) is 6.42 Å². The van der Waals surface area contributed by atoms with Gasteiger partial charge in [0.2, 0.25) is 5.91 Å². The van der Waals surface area contributed by atoms with Crippen LogP contribution in [-0.2, 0) is 4.79 Å². The smallest absolute Gasteiger partial charge is 0.217 e. The van der Waals surface area contributed by atoms with Crippen molar-refractivity contribution in [1.29, 1.82) is 0 Å². The van der Waals surface area contributed by atoms with Gasteiger partial charge < -0.3 is 5.32 Å². The highest BCUT2D eigenvalue weighted by Crippen LogP contribution is 2.13. The van der Waals surface area contributed by atoms with E-state index in [2.05, 4.69) is 11.2 Å². The Bertz CT molecular complexity index is 376. The number of terminal acetylenes is 1. The highest BCUT2D eigenvalue weighted by molar-refractivity contribution is 5.73. The summed E-state index contributed by atoms with van der Waals surface area (Å²) in [5, 5.41) is 2.80. The second-order valence-electron chi connectivity index (χ2n) is 3.19. The third-order valence-corrected chi connectivity index (χ3v) is 1.97. The van der Waals surface area contributed by atoms with Gasteiger partial charge in [0.15, 0.2) is 0 Å². The second kappa shape index (κ2) is 4.48. The van der Waals surface area contributed by atoms with Crippen LogP contribution in [-0.4, -0.2) is 5.91 Å². The first-order valence-electron chi connectivity index (χ1n) is 4.47. The van der Waals surface area contributed by atoms with Gasteiger partial charge in [-0.2, -0.15) is 0 Å². The fourth-order valence-electron chi connectivity index (χ4n) is 1.29. The lowest BCUT2D eigenvalue weighted by Gasteiger charge is -2.12. The zero-order valence-electron chi connectivity index (χ0n) is 8.37. The van der Waals surface area contributed by atoms with E-state index in [0.717, 1.165) is 11.1 Å². The molecule has 2 nitrogen and oxygen atoms in total. The summed E-state index contributed by atoms with van der Waals surface area (Å²) < 4.78 is 0. The van der Waals surface area contributed by atoms with E-state index in [-0.39, 0.29) is 11.9 Å². The SMILES string of the molecule is C#Cc1cccc(C(C)NC(C)=O)c1. The normalized spacial score (nSPS) is 11.5. The molecule has 1 aromatic carbocycles. The van der Waals surface area contributed by atoms with Gasteiger partial charge in [-0.05, 0) is 24.6 Å². The predicted molar refractivity (Wildman–Crippen MR) is 56.6 cm³/mol. The third kappa shape index (κ3) is 2.63. The average molecular weight is 187 g/mol. The molecule has 0 aromatic heterocycles. The first-order chi connectivity index (χ1) is 6.63. The molecule has 1 amide bonds. The van der Waals surface area contributed by atoms with E-state index in [9.17, 15) is 4.79 Å². The lowest BCUT2D eigenvalue weighted by Crippen LogP contribution is -2.23. The Morgan fingerprint density at radius 2 is 2.29 bits per heavy atom. The number of benzene rings is 1. The maximum atomic E-state index is 10.8. The lowest BCUT2D eigenvalue weighted by atomic mass is 10.1. The Morgan fingerprint density at radius 3 is 2.86 bits per heavy atom. The van der Waals surface area contributed by atoms with Crippen molar-refractivity contribution in [2.75, 3.05) is 0 Å². The van der Waals surface area contributed by atoms with Crippen LogP contribution in [0.2, 0.25) is 0 Å². The van der Waals surface area contributed by atoms with Crippen LogP contribution in [0.15, 0.2) is 24.3 Å². The van der Waals surface area contributed by atoms with Crippen LogP contribution >= 0.6 is 0 Å². The summed E-state index contributed by atoms with van der Waals surface area (Å²) in [6, 6.07) is 7.61. The number of hydrogen-bond acceptors (Lipinski definition) is 1.